The van der Waals surface area contributed by atoms with Crippen LogP contribution in [-0.4, -0.2) is 30.9 Å². The molecule has 0 saturated heterocycles. The summed E-state index contributed by atoms with van der Waals surface area (Å²) < 4.78 is 0. The number of aromatic nitrogens is 2. The number of carbonyl (C=O) groups is 1. The molecule has 1 rings (SSSR count). The summed E-state index contributed by atoms with van der Waals surface area (Å²) in [5, 5.41) is 7.56. The minimum Gasteiger partial charge on any atom is -0.309 e. The fourth-order valence-electron chi connectivity index (χ4n) is 0.684. The van der Waals surface area contributed by atoms with Gasteiger partial charge in [0.15, 0.2) is 11.6 Å². The predicted molar refractivity (Wildman–Crippen MR) is 46.3 cm³/mol. The van der Waals surface area contributed by atoms with E-state index in [1.165, 1.54) is 4.90 Å². The third-order valence-corrected chi connectivity index (χ3v) is 1.46. The van der Waals surface area contributed by atoms with Gasteiger partial charge in [-0.2, -0.15) is 5.10 Å². The second kappa shape index (κ2) is 3.34. The van der Waals surface area contributed by atoms with Crippen LogP contribution in [0.15, 0.2) is 12.1 Å². The first-order valence-corrected chi connectivity index (χ1v) is 3.45. The van der Waals surface area contributed by atoms with E-state index in [0.29, 0.717) is 5.82 Å². The molecule has 0 aliphatic heterocycles. The average molecular weight is 161 g/mol. The van der Waals surface area contributed by atoms with Gasteiger partial charge in [-0.1, -0.05) is 0 Å². The van der Waals surface area contributed by atoms with Crippen molar-refractivity contribution >= 4 is 19.5 Å². The Morgan fingerprint density at radius 3 is 2.58 bits per heavy atom. The molecule has 12 heavy (non-hydrogen) atoms. The Bertz CT molecular complexity index is 285. The second-order valence-electron chi connectivity index (χ2n) is 2.43. The SMILES string of the molecule is [B]C(=O)N(C)c1ccc(C)nn1. The van der Waals surface area contributed by atoms with E-state index in [0.717, 1.165) is 5.69 Å². The molecule has 0 bridgehead atoms. The van der Waals surface area contributed by atoms with E-state index in [-0.39, 0.29) is 0 Å². The Morgan fingerprint density at radius 1 is 1.50 bits per heavy atom. The van der Waals surface area contributed by atoms with Gasteiger partial charge in [0, 0.05) is 7.05 Å². The van der Waals surface area contributed by atoms with Crippen LogP contribution >= 0.6 is 0 Å². The van der Waals surface area contributed by atoms with Crippen LogP contribution < -0.4 is 4.90 Å². The summed E-state index contributed by atoms with van der Waals surface area (Å²) in [6.45, 7) is 1.82. The molecule has 1 heterocycles. The Labute approximate surface area is 72.0 Å². The van der Waals surface area contributed by atoms with E-state index >= 15 is 0 Å². The molecule has 1 aromatic rings. The van der Waals surface area contributed by atoms with Crippen LogP contribution in [0, 0.1) is 6.92 Å². The van der Waals surface area contributed by atoms with Crippen LogP contribution in [0.25, 0.3) is 0 Å². The monoisotopic (exact) mass is 161 g/mol. The van der Waals surface area contributed by atoms with Crippen molar-refractivity contribution in [2.45, 2.75) is 6.92 Å². The largest absolute Gasteiger partial charge is 0.309 e. The molecular formula is C7H8BN3O. The van der Waals surface area contributed by atoms with E-state index in [4.69, 9.17) is 7.85 Å². The van der Waals surface area contributed by atoms with Gasteiger partial charge in [-0.05, 0) is 19.1 Å². The number of nitrogens with zero attached hydrogens (tertiary/aromatic N) is 3. The quantitative estimate of drug-likeness (QED) is 0.563. The number of carbonyl (C=O) groups excluding carboxylic acids is 1. The van der Waals surface area contributed by atoms with Crippen molar-refractivity contribution in [3.63, 3.8) is 0 Å². The molecule has 2 radical (unpaired) electrons. The molecule has 0 unspecified atom stereocenters. The first kappa shape index (κ1) is 8.71. The van der Waals surface area contributed by atoms with E-state index in [1.54, 1.807) is 19.2 Å². The first-order chi connectivity index (χ1) is 5.61. The Balaban J connectivity index is 2.89. The number of anilines is 1. The van der Waals surface area contributed by atoms with Crippen LogP contribution in [-0.2, 0) is 0 Å². The standard InChI is InChI=1S/C7H8BN3O/c1-5-3-4-6(10-9-5)11(2)7(8)12/h3-4H,1-2H3. The fraction of sp³-hybridized carbons (Fsp3) is 0.286. The maximum absolute atomic E-state index is 10.7. The molecule has 60 valence electrons. The van der Waals surface area contributed by atoms with Crippen molar-refractivity contribution < 1.29 is 4.79 Å². The van der Waals surface area contributed by atoms with Crippen LogP contribution in [0.3, 0.4) is 0 Å². The summed E-state index contributed by atoms with van der Waals surface area (Å²) in [4.78, 5) is 11.9. The highest BCUT2D eigenvalue weighted by Crippen LogP contribution is 2.06. The Kier molecular flexibility index (Phi) is 2.42. The zero-order chi connectivity index (χ0) is 9.14. The third kappa shape index (κ3) is 1.81. The maximum atomic E-state index is 10.7. The molecule has 0 fully saturated rings. The second-order valence-corrected chi connectivity index (χ2v) is 2.43. The summed E-state index contributed by atoms with van der Waals surface area (Å²) in [7, 11) is 6.57. The van der Waals surface area contributed by atoms with Crippen LogP contribution in [0.2, 0.25) is 0 Å². The lowest BCUT2D eigenvalue weighted by atomic mass is 10.1. The van der Waals surface area contributed by atoms with Crippen molar-refractivity contribution in [1.82, 2.24) is 10.2 Å². The lowest BCUT2D eigenvalue weighted by Gasteiger charge is -2.12. The molecule has 0 aliphatic carbocycles. The summed E-state index contributed by atoms with van der Waals surface area (Å²) in [6.07, 6.45) is 0. The molecule has 0 atom stereocenters. The van der Waals surface area contributed by atoms with Gasteiger partial charge in [-0.25, -0.2) is 0 Å². The zero-order valence-electron chi connectivity index (χ0n) is 6.98. The van der Waals surface area contributed by atoms with E-state index in [9.17, 15) is 4.79 Å². The normalized spacial score (nSPS) is 9.50. The minimum atomic E-state index is -0.548. The van der Waals surface area contributed by atoms with Crippen molar-refractivity contribution in [2.75, 3.05) is 11.9 Å². The molecule has 0 saturated carbocycles. The lowest BCUT2D eigenvalue weighted by molar-refractivity contribution is 0.265. The van der Waals surface area contributed by atoms with Gasteiger partial charge in [0.2, 0.25) is 7.85 Å². The van der Waals surface area contributed by atoms with Crippen molar-refractivity contribution in [3.05, 3.63) is 17.8 Å². The van der Waals surface area contributed by atoms with Gasteiger partial charge in [0.05, 0.1) is 5.69 Å². The minimum absolute atomic E-state index is 0.452. The van der Waals surface area contributed by atoms with Crippen LogP contribution in [0.5, 0.6) is 0 Å². The first-order valence-electron chi connectivity index (χ1n) is 3.45. The van der Waals surface area contributed by atoms with E-state index < -0.39 is 5.81 Å². The van der Waals surface area contributed by atoms with Crippen molar-refractivity contribution in [1.29, 1.82) is 0 Å². The average Bonchev–Trinajstić information content (AvgIpc) is 2.04. The Hall–Kier alpha value is -1.39. The zero-order valence-corrected chi connectivity index (χ0v) is 6.98. The van der Waals surface area contributed by atoms with Gasteiger partial charge in [-0.15, -0.1) is 5.10 Å². The molecular weight excluding hydrogens is 153 g/mol. The third-order valence-electron chi connectivity index (χ3n) is 1.46. The van der Waals surface area contributed by atoms with Gasteiger partial charge >= 0.3 is 0 Å². The molecule has 0 N–H and O–H groups in total. The number of aryl methyl sites for hydroxylation is 1. The molecule has 5 heteroatoms. The maximum Gasteiger partial charge on any atom is 0.201 e. The summed E-state index contributed by atoms with van der Waals surface area (Å²) in [6, 6.07) is 3.45. The number of hydrogen-bond donors (Lipinski definition) is 0. The summed E-state index contributed by atoms with van der Waals surface area (Å²) >= 11 is 0. The molecule has 1 aromatic heterocycles. The highest BCUT2D eigenvalue weighted by atomic mass is 16.1. The smallest absolute Gasteiger partial charge is 0.201 e. The van der Waals surface area contributed by atoms with Gasteiger partial charge in [0.1, 0.15) is 0 Å². The van der Waals surface area contributed by atoms with Crippen molar-refractivity contribution in [2.24, 2.45) is 0 Å². The molecule has 0 aliphatic rings. The Morgan fingerprint density at radius 2 is 2.17 bits per heavy atom. The van der Waals surface area contributed by atoms with Crippen molar-refractivity contribution in [3.8, 4) is 0 Å². The predicted octanol–water partition coefficient (Wildman–Crippen LogP) is 0.510. The topological polar surface area (TPSA) is 46.1 Å². The number of rotatable bonds is 1. The summed E-state index contributed by atoms with van der Waals surface area (Å²) in [5.74, 6) is -0.0961. The van der Waals surface area contributed by atoms with Gasteiger partial charge in [0.25, 0.3) is 0 Å². The number of amides is 1. The van der Waals surface area contributed by atoms with Gasteiger partial charge in [-0.3, -0.25) is 4.79 Å². The highest BCUT2D eigenvalue weighted by molar-refractivity contribution is 6.60. The highest BCUT2D eigenvalue weighted by Gasteiger charge is 2.05. The molecule has 4 nitrogen and oxygen atoms in total. The fourth-order valence-corrected chi connectivity index (χ4v) is 0.684. The molecule has 1 amide bonds. The lowest BCUT2D eigenvalue weighted by Crippen LogP contribution is -2.25. The molecule has 0 aromatic carbocycles. The molecule has 0 spiro atoms. The van der Waals surface area contributed by atoms with Crippen LogP contribution in [0.4, 0.5) is 10.6 Å². The summed E-state index contributed by atoms with van der Waals surface area (Å²) in [5.41, 5.74) is 0.802. The van der Waals surface area contributed by atoms with Gasteiger partial charge < -0.3 is 4.90 Å². The van der Waals surface area contributed by atoms with E-state index in [1.807, 2.05) is 6.92 Å². The van der Waals surface area contributed by atoms with E-state index in [2.05, 4.69) is 10.2 Å². The van der Waals surface area contributed by atoms with Crippen LogP contribution in [0.1, 0.15) is 5.69 Å². The number of hydrogen-bond acceptors (Lipinski definition) is 3.